The molecule has 24 heavy (non-hydrogen) atoms. The van der Waals surface area contributed by atoms with Gasteiger partial charge in [-0.05, 0) is 40.1 Å². The molecule has 3 rings (SSSR count). The minimum absolute atomic E-state index is 0.307. The number of thioether (sulfide) groups is 1. The highest BCUT2D eigenvalue weighted by atomic mass is 32.2. The van der Waals surface area contributed by atoms with Gasteiger partial charge in [0.15, 0.2) is 0 Å². The maximum atomic E-state index is 10.6. The number of rotatable bonds is 6. The Bertz CT molecular complexity index is 889. The Morgan fingerprint density at radius 1 is 1.33 bits per heavy atom. The third kappa shape index (κ3) is 3.27. The molecule has 0 atom stereocenters. The maximum absolute atomic E-state index is 10.6. The van der Waals surface area contributed by atoms with Crippen molar-refractivity contribution in [2.24, 2.45) is 0 Å². The number of para-hydroxylation sites is 2. The molecule has 10 heteroatoms. The molecular weight excluding hydrogens is 334 g/mol. The van der Waals surface area contributed by atoms with E-state index in [1.807, 2.05) is 24.3 Å². The average Bonchev–Trinajstić information content (AvgIpc) is 3.24. The molecule has 0 radical (unpaired) electrons. The Morgan fingerprint density at radius 2 is 2.17 bits per heavy atom. The average molecular weight is 345 g/mol. The normalized spacial score (nSPS) is 11.0. The highest BCUT2D eigenvalue weighted by Gasteiger charge is 2.12. The summed E-state index contributed by atoms with van der Waals surface area (Å²) in [6.45, 7) is 0. The Hall–Kier alpha value is -3.14. The van der Waals surface area contributed by atoms with Crippen molar-refractivity contribution in [3.8, 4) is 11.4 Å². The van der Waals surface area contributed by atoms with Crippen LogP contribution in [-0.4, -0.2) is 32.2 Å². The van der Waals surface area contributed by atoms with Gasteiger partial charge in [0, 0.05) is 0 Å². The standard InChI is InChI=1S/C14H11N5O4S/c1-22-12-5-3-2-4-11(12)18-14(15-16-17-18)24-9-8-10-6-7-13(23-10)19(20)21/h2-9H,1H3/b9-8+. The summed E-state index contributed by atoms with van der Waals surface area (Å²) < 4.78 is 11.9. The van der Waals surface area contributed by atoms with Crippen molar-refractivity contribution in [1.82, 2.24) is 20.2 Å². The molecule has 0 amide bonds. The molecule has 0 saturated carbocycles. The summed E-state index contributed by atoms with van der Waals surface area (Å²) in [5, 5.41) is 24.3. The van der Waals surface area contributed by atoms with Crippen LogP contribution in [0.15, 0.2) is 51.4 Å². The Kier molecular flexibility index (Phi) is 4.57. The number of methoxy groups -OCH3 is 1. The third-order valence-corrected chi connectivity index (χ3v) is 3.69. The molecule has 0 fully saturated rings. The van der Waals surface area contributed by atoms with Crippen molar-refractivity contribution in [2.75, 3.05) is 7.11 Å². The minimum Gasteiger partial charge on any atom is -0.494 e. The molecule has 0 aliphatic heterocycles. The maximum Gasteiger partial charge on any atom is 0.433 e. The van der Waals surface area contributed by atoms with Gasteiger partial charge in [-0.25, -0.2) is 0 Å². The van der Waals surface area contributed by atoms with Crippen LogP contribution in [0.2, 0.25) is 0 Å². The van der Waals surface area contributed by atoms with E-state index in [2.05, 4.69) is 15.5 Å². The minimum atomic E-state index is -0.591. The van der Waals surface area contributed by atoms with Gasteiger partial charge >= 0.3 is 5.88 Å². The summed E-state index contributed by atoms with van der Waals surface area (Å²) in [5.41, 5.74) is 0.703. The van der Waals surface area contributed by atoms with Crippen molar-refractivity contribution in [3.05, 3.63) is 57.7 Å². The summed E-state index contributed by atoms with van der Waals surface area (Å²) in [6, 6.07) is 10.2. The number of hydrogen-bond donors (Lipinski definition) is 0. The first kappa shape index (κ1) is 15.7. The molecule has 0 unspecified atom stereocenters. The lowest BCUT2D eigenvalue weighted by molar-refractivity contribution is -0.402. The van der Waals surface area contributed by atoms with Gasteiger partial charge in [-0.15, -0.1) is 5.10 Å². The quantitative estimate of drug-likeness (QED) is 0.381. The topological polar surface area (TPSA) is 109 Å². The van der Waals surface area contributed by atoms with E-state index in [1.165, 1.54) is 23.9 Å². The Labute approximate surface area is 140 Å². The van der Waals surface area contributed by atoms with Crippen LogP contribution in [0, 0.1) is 10.1 Å². The van der Waals surface area contributed by atoms with E-state index in [-0.39, 0.29) is 5.88 Å². The molecule has 9 nitrogen and oxygen atoms in total. The van der Waals surface area contributed by atoms with Gasteiger partial charge in [-0.1, -0.05) is 23.9 Å². The highest BCUT2D eigenvalue weighted by Crippen LogP contribution is 2.26. The molecule has 1 aromatic carbocycles. The predicted molar refractivity (Wildman–Crippen MR) is 86.0 cm³/mol. The van der Waals surface area contributed by atoms with Gasteiger partial charge in [-0.2, -0.15) is 4.68 Å². The van der Waals surface area contributed by atoms with Crippen molar-refractivity contribution in [2.45, 2.75) is 5.16 Å². The van der Waals surface area contributed by atoms with E-state index >= 15 is 0 Å². The van der Waals surface area contributed by atoms with Crippen LogP contribution in [0.1, 0.15) is 5.76 Å². The number of nitrogens with zero attached hydrogens (tertiary/aromatic N) is 5. The van der Waals surface area contributed by atoms with Crippen LogP contribution in [-0.2, 0) is 0 Å². The fourth-order valence-corrected chi connectivity index (χ4v) is 2.54. The molecule has 0 aliphatic rings. The summed E-state index contributed by atoms with van der Waals surface area (Å²) >= 11 is 1.24. The number of ether oxygens (including phenoxy) is 1. The van der Waals surface area contributed by atoms with E-state index in [4.69, 9.17) is 9.15 Å². The van der Waals surface area contributed by atoms with Crippen molar-refractivity contribution < 1.29 is 14.1 Å². The number of tetrazole rings is 1. The zero-order valence-electron chi connectivity index (χ0n) is 12.4. The molecule has 0 saturated heterocycles. The van der Waals surface area contributed by atoms with Crippen molar-refractivity contribution >= 4 is 23.7 Å². The molecule has 2 aromatic heterocycles. The first-order chi connectivity index (χ1) is 11.7. The summed E-state index contributed by atoms with van der Waals surface area (Å²) in [5.74, 6) is 0.696. The Balaban J connectivity index is 1.78. The third-order valence-electron chi connectivity index (χ3n) is 2.95. The van der Waals surface area contributed by atoms with Gasteiger partial charge in [0.1, 0.15) is 22.1 Å². The van der Waals surface area contributed by atoms with Gasteiger partial charge < -0.3 is 9.15 Å². The van der Waals surface area contributed by atoms with Crippen LogP contribution in [0.3, 0.4) is 0 Å². The second-order valence-corrected chi connectivity index (χ2v) is 5.27. The summed E-state index contributed by atoms with van der Waals surface area (Å²) in [6.07, 6.45) is 1.60. The summed E-state index contributed by atoms with van der Waals surface area (Å²) in [4.78, 5) is 9.99. The van der Waals surface area contributed by atoms with Crippen LogP contribution in [0.5, 0.6) is 5.75 Å². The molecule has 0 spiro atoms. The summed E-state index contributed by atoms with van der Waals surface area (Å²) in [7, 11) is 1.57. The number of furan rings is 1. The van der Waals surface area contributed by atoms with E-state index < -0.39 is 4.92 Å². The second-order valence-electron chi connectivity index (χ2n) is 4.40. The van der Waals surface area contributed by atoms with Gasteiger partial charge in [0.25, 0.3) is 0 Å². The van der Waals surface area contributed by atoms with Crippen LogP contribution in [0.4, 0.5) is 5.88 Å². The van der Waals surface area contributed by atoms with Crippen molar-refractivity contribution in [3.63, 3.8) is 0 Å². The SMILES string of the molecule is COc1ccccc1-n1nnnc1S/C=C/c1ccc([N+](=O)[O-])o1. The molecule has 122 valence electrons. The predicted octanol–water partition coefficient (Wildman–Crippen LogP) is 2.94. The first-order valence-corrected chi connectivity index (χ1v) is 7.56. The van der Waals surface area contributed by atoms with E-state index in [0.29, 0.717) is 22.4 Å². The smallest absolute Gasteiger partial charge is 0.433 e. The van der Waals surface area contributed by atoms with Gasteiger partial charge in [0.05, 0.1) is 13.2 Å². The molecule has 2 heterocycles. The largest absolute Gasteiger partial charge is 0.494 e. The zero-order valence-corrected chi connectivity index (χ0v) is 13.2. The first-order valence-electron chi connectivity index (χ1n) is 6.68. The molecular formula is C14H11N5O4S. The van der Waals surface area contributed by atoms with Gasteiger partial charge in [0.2, 0.25) is 5.16 Å². The Morgan fingerprint density at radius 3 is 2.92 bits per heavy atom. The number of aromatic nitrogens is 4. The molecule has 0 bridgehead atoms. The number of nitro groups is 1. The van der Waals surface area contributed by atoms with Crippen LogP contribution < -0.4 is 4.74 Å². The van der Waals surface area contributed by atoms with Crippen molar-refractivity contribution in [1.29, 1.82) is 0 Å². The lowest BCUT2D eigenvalue weighted by Gasteiger charge is -2.07. The number of benzene rings is 1. The second kappa shape index (κ2) is 6.96. The molecule has 0 aliphatic carbocycles. The fraction of sp³-hybridized carbons (Fsp3) is 0.0714. The highest BCUT2D eigenvalue weighted by molar-refractivity contribution is 8.02. The zero-order chi connectivity index (χ0) is 16.9. The van der Waals surface area contributed by atoms with Gasteiger partial charge in [-0.3, -0.25) is 10.1 Å². The van der Waals surface area contributed by atoms with E-state index in [1.54, 1.807) is 23.3 Å². The van der Waals surface area contributed by atoms with E-state index in [9.17, 15) is 10.1 Å². The lowest BCUT2D eigenvalue weighted by atomic mass is 10.3. The van der Waals surface area contributed by atoms with Crippen LogP contribution in [0.25, 0.3) is 11.8 Å². The van der Waals surface area contributed by atoms with E-state index in [0.717, 1.165) is 0 Å². The molecule has 3 aromatic rings. The van der Waals surface area contributed by atoms with Crippen LogP contribution >= 0.6 is 11.8 Å². The number of hydrogen-bond acceptors (Lipinski definition) is 8. The fourth-order valence-electron chi connectivity index (χ4n) is 1.90. The lowest BCUT2D eigenvalue weighted by Crippen LogP contribution is -2.01. The monoisotopic (exact) mass is 345 g/mol. The molecule has 0 N–H and O–H groups in total.